The fraction of sp³-hybridized carbons (Fsp3) is 0.235. The van der Waals surface area contributed by atoms with Gasteiger partial charge in [-0.15, -0.1) is 0 Å². The first-order valence-electron chi connectivity index (χ1n) is 7.01. The molecule has 110 valence electrons. The molecule has 21 heavy (non-hydrogen) atoms. The normalized spacial score (nSPS) is 10.2. The van der Waals surface area contributed by atoms with Crippen LogP contribution in [0.3, 0.4) is 0 Å². The third-order valence-corrected chi connectivity index (χ3v) is 3.30. The molecule has 0 saturated heterocycles. The van der Waals surface area contributed by atoms with Crippen LogP contribution in [-0.4, -0.2) is 12.5 Å². The minimum absolute atomic E-state index is 0.139. The van der Waals surface area contributed by atoms with E-state index in [2.05, 4.69) is 17.6 Å². The van der Waals surface area contributed by atoms with Gasteiger partial charge in [-0.2, -0.15) is 0 Å². The lowest BCUT2D eigenvalue weighted by molar-refractivity contribution is 0.102. The zero-order valence-electron chi connectivity index (χ0n) is 12.2. The molecule has 0 fully saturated rings. The lowest BCUT2D eigenvalue weighted by Crippen LogP contribution is -2.15. The molecular weight excluding hydrogens is 284 g/mol. The van der Waals surface area contributed by atoms with Gasteiger partial charge >= 0.3 is 0 Å². The quantitative estimate of drug-likeness (QED) is 0.839. The number of halogens is 1. The average Bonchev–Trinajstić information content (AvgIpc) is 2.46. The molecule has 0 bridgehead atoms. The molecule has 0 aliphatic carbocycles. The van der Waals surface area contributed by atoms with Gasteiger partial charge in [0.15, 0.2) is 0 Å². The van der Waals surface area contributed by atoms with E-state index in [4.69, 9.17) is 11.6 Å². The molecule has 2 aromatic carbocycles. The Hall–Kier alpha value is -2.00. The van der Waals surface area contributed by atoms with Crippen molar-refractivity contribution in [2.75, 3.05) is 17.2 Å². The predicted molar refractivity (Wildman–Crippen MR) is 89.4 cm³/mol. The maximum atomic E-state index is 12.5. The summed E-state index contributed by atoms with van der Waals surface area (Å²) in [4.78, 5) is 12.5. The highest BCUT2D eigenvalue weighted by molar-refractivity contribution is 6.31. The maximum absolute atomic E-state index is 12.5. The van der Waals surface area contributed by atoms with Crippen LogP contribution in [0.2, 0.25) is 5.02 Å². The van der Waals surface area contributed by atoms with E-state index < -0.39 is 0 Å². The topological polar surface area (TPSA) is 41.1 Å². The summed E-state index contributed by atoms with van der Waals surface area (Å²) in [5.41, 5.74) is 3.23. The van der Waals surface area contributed by atoms with Gasteiger partial charge in [0.25, 0.3) is 5.91 Å². The number of rotatable bonds is 5. The van der Waals surface area contributed by atoms with E-state index in [0.717, 1.165) is 24.2 Å². The van der Waals surface area contributed by atoms with Gasteiger partial charge in [0, 0.05) is 22.9 Å². The largest absolute Gasteiger partial charge is 0.384 e. The predicted octanol–water partition coefficient (Wildman–Crippen LogP) is 4.72. The van der Waals surface area contributed by atoms with Crippen molar-refractivity contribution in [3.63, 3.8) is 0 Å². The first kappa shape index (κ1) is 15.4. The van der Waals surface area contributed by atoms with Gasteiger partial charge in [0.2, 0.25) is 0 Å². The summed E-state index contributed by atoms with van der Waals surface area (Å²) in [6, 6.07) is 13.0. The molecule has 1 amide bonds. The number of hydrogen-bond donors (Lipinski definition) is 2. The molecule has 0 spiro atoms. The Morgan fingerprint density at radius 1 is 1.19 bits per heavy atom. The summed E-state index contributed by atoms with van der Waals surface area (Å²) in [7, 11) is 0. The van der Waals surface area contributed by atoms with E-state index in [-0.39, 0.29) is 5.91 Å². The second-order valence-electron chi connectivity index (χ2n) is 4.94. The molecule has 0 radical (unpaired) electrons. The Morgan fingerprint density at radius 2 is 2.00 bits per heavy atom. The van der Waals surface area contributed by atoms with Gasteiger partial charge in [-0.3, -0.25) is 4.79 Å². The molecule has 3 nitrogen and oxygen atoms in total. The summed E-state index contributed by atoms with van der Waals surface area (Å²) in [6.45, 7) is 4.90. The van der Waals surface area contributed by atoms with Crippen molar-refractivity contribution >= 4 is 28.9 Å². The molecule has 0 atom stereocenters. The standard InChI is InChI=1S/C17H19ClN2O/c1-3-9-19-16-8-7-12(2)10-15(16)17(21)20-14-6-4-5-13(18)11-14/h4-8,10-11,19H,3,9H2,1-2H3,(H,20,21). The fourth-order valence-corrected chi connectivity index (χ4v) is 2.21. The van der Waals surface area contributed by atoms with Crippen molar-refractivity contribution < 1.29 is 4.79 Å². The molecule has 4 heteroatoms. The maximum Gasteiger partial charge on any atom is 0.257 e. The van der Waals surface area contributed by atoms with E-state index in [1.807, 2.05) is 37.3 Å². The van der Waals surface area contributed by atoms with Gasteiger partial charge in [0.1, 0.15) is 0 Å². The molecule has 0 unspecified atom stereocenters. The third-order valence-electron chi connectivity index (χ3n) is 3.07. The van der Waals surface area contributed by atoms with Gasteiger partial charge < -0.3 is 10.6 Å². The van der Waals surface area contributed by atoms with Crippen molar-refractivity contribution in [2.24, 2.45) is 0 Å². The molecule has 0 heterocycles. The molecule has 2 rings (SSSR count). The molecule has 2 N–H and O–H groups in total. The van der Waals surface area contributed by atoms with Crippen LogP contribution in [-0.2, 0) is 0 Å². The Balaban J connectivity index is 2.23. The van der Waals surface area contributed by atoms with Crippen molar-refractivity contribution in [1.82, 2.24) is 0 Å². The van der Waals surface area contributed by atoms with E-state index in [9.17, 15) is 4.79 Å². The van der Waals surface area contributed by atoms with Crippen LogP contribution >= 0.6 is 11.6 Å². The van der Waals surface area contributed by atoms with Crippen LogP contribution in [0.1, 0.15) is 29.3 Å². The van der Waals surface area contributed by atoms with E-state index >= 15 is 0 Å². The molecule has 0 aliphatic rings. The molecule has 0 aromatic heterocycles. The minimum atomic E-state index is -0.139. The Labute approximate surface area is 130 Å². The van der Waals surface area contributed by atoms with Gasteiger partial charge in [-0.25, -0.2) is 0 Å². The van der Waals surface area contributed by atoms with Gasteiger partial charge in [0.05, 0.1) is 5.56 Å². The van der Waals surface area contributed by atoms with E-state index in [1.54, 1.807) is 12.1 Å². The van der Waals surface area contributed by atoms with Crippen LogP contribution in [0, 0.1) is 6.92 Å². The zero-order chi connectivity index (χ0) is 15.2. The molecular formula is C17H19ClN2O. The number of benzene rings is 2. The highest BCUT2D eigenvalue weighted by atomic mass is 35.5. The van der Waals surface area contributed by atoms with Gasteiger partial charge in [-0.05, 0) is 43.7 Å². The summed E-state index contributed by atoms with van der Waals surface area (Å²) < 4.78 is 0. The molecule has 2 aromatic rings. The number of carbonyl (C=O) groups excluding carboxylic acids is 1. The Morgan fingerprint density at radius 3 is 2.71 bits per heavy atom. The zero-order valence-corrected chi connectivity index (χ0v) is 13.0. The second kappa shape index (κ2) is 7.14. The molecule has 0 aliphatic heterocycles. The lowest BCUT2D eigenvalue weighted by Gasteiger charge is -2.13. The number of anilines is 2. The van der Waals surface area contributed by atoms with Crippen molar-refractivity contribution in [3.05, 3.63) is 58.6 Å². The molecule has 0 saturated carbocycles. The Kier molecular flexibility index (Phi) is 5.23. The second-order valence-corrected chi connectivity index (χ2v) is 5.38. The Bertz CT molecular complexity index is 640. The number of amides is 1. The summed E-state index contributed by atoms with van der Waals surface area (Å²) in [5, 5.41) is 6.76. The average molecular weight is 303 g/mol. The number of carbonyl (C=O) groups is 1. The summed E-state index contributed by atoms with van der Waals surface area (Å²) in [5.74, 6) is -0.139. The lowest BCUT2D eigenvalue weighted by atomic mass is 10.1. The van der Waals surface area contributed by atoms with Crippen molar-refractivity contribution in [2.45, 2.75) is 20.3 Å². The van der Waals surface area contributed by atoms with Crippen LogP contribution < -0.4 is 10.6 Å². The third kappa shape index (κ3) is 4.23. The van der Waals surface area contributed by atoms with Crippen LogP contribution in [0.25, 0.3) is 0 Å². The fourth-order valence-electron chi connectivity index (χ4n) is 2.02. The SMILES string of the molecule is CCCNc1ccc(C)cc1C(=O)Nc1cccc(Cl)c1. The first-order valence-corrected chi connectivity index (χ1v) is 7.39. The number of nitrogens with one attached hydrogen (secondary N) is 2. The van der Waals surface area contributed by atoms with Crippen LogP contribution in [0.5, 0.6) is 0 Å². The summed E-state index contributed by atoms with van der Waals surface area (Å²) in [6.07, 6.45) is 1.00. The number of hydrogen-bond acceptors (Lipinski definition) is 2. The van der Waals surface area contributed by atoms with Crippen LogP contribution in [0.15, 0.2) is 42.5 Å². The van der Waals surface area contributed by atoms with Crippen molar-refractivity contribution in [3.8, 4) is 0 Å². The van der Waals surface area contributed by atoms with E-state index in [0.29, 0.717) is 16.3 Å². The first-order chi connectivity index (χ1) is 10.1. The summed E-state index contributed by atoms with van der Waals surface area (Å²) >= 11 is 5.94. The number of aryl methyl sites for hydroxylation is 1. The van der Waals surface area contributed by atoms with E-state index in [1.165, 1.54) is 0 Å². The van der Waals surface area contributed by atoms with Crippen LogP contribution in [0.4, 0.5) is 11.4 Å². The van der Waals surface area contributed by atoms with Crippen molar-refractivity contribution in [1.29, 1.82) is 0 Å². The minimum Gasteiger partial charge on any atom is -0.384 e. The highest BCUT2D eigenvalue weighted by Crippen LogP contribution is 2.21. The monoisotopic (exact) mass is 302 g/mol. The van der Waals surface area contributed by atoms with Gasteiger partial charge in [-0.1, -0.05) is 36.2 Å². The smallest absolute Gasteiger partial charge is 0.257 e. The highest BCUT2D eigenvalue weighted by Gasteiger charge is 2.12.